The van der Waals surface area contributed by atoms with Crippen LogP contribution in [0, 0.1) is 3.57 Å². The molecule has 188 valence electrons. The minimum absolute atomic E-state index is 0.0867. The number of carbonyl (C=O) groups excluding carboxylic acids is 2. The van der Waals surface area contributed by atoms with Gasteiger partial charge in [0.1, 0.15) is 6.54 Å². The lowest BCUT2D eigenvalue weighted by atomic mass is 9.95. The second-order valence-corrected chi connectivity index (χ2v) is 11.8. The molecule has 0 saturated heterocycles. The van der Waals surface area contributed by atoms with Gasteiger partial charge < -0.3 is 10.6 Å². The van der Waals surface area contributed by atoms with Crippen LogP contribution in [-0.4, -0.2) is 32.8 Å². The van der Waals surface area contributed by atoms with E-state index in [0.717, 1.165) is 33.6 Å². The highest BCUT2D eigenvalue weighted by Gasteiger charge is 2.28. The van der Waals surface area contributed by atoms with Gasteiger partial charge in [-0.05, 0) is 84.0 Å². The van der Waals surface area contributed by atoms with Gasteiger partial charge in [-0.2, -0.15) is 0 Å². The summed E-state index contributed by atoms with van der Waals surface area (Å²) in [6.45, 7) is -0.448. The topological polar surface area (TPSA) is 95.6 Å². The summed E-state index contributed by atoms with van der Waals surface area (Å²) in [5, 5.41) is 5.83. The summed E-state index contributed by atoms with van der Waals surface area (Å²) in [7, 11) is -4.01. The molecular formula is C27H28IN3O4S. The molecule has 0 spiro atoms. The van der Waals surface area contributed by atoms with E-state index in [1.807, 2.05) is 0 Å². The number of benzene rings is 3. The van der Waals surface area contributed by atoms with E-state index >= 15 is 0 Å². The fourth-order valence-electron chi connectivity index (χ4n) is 4.26. The molecule has 9 heteroatoms. The Hall–Kier alpha value is -2.92. The van der Waals surface area contributed by atoms with Crippen molar-refractivity contribution in [3.63, 3.8) is 0 Å². The van der Waals surface area contributed by atoms with Crippen LogP contribution in [0.15, 0.2) is 83.8 Å². The molecule has 0 atom stereocenters. The first kappa shape index (κ1) is 26.2. The van der Waals surface area contributed by atoms with E-state index in [0.29, 0.717) is 16.9 Å². The minimum Gasteiger partial charge on any atom is -0.349 e. The van der Waals surface area contributed by atoms with Crippen molar-refractivity contribution in [1.82, 2.24) is 5.32 Å². The molecule has 36 heavy (non-hydrogen) atoms. The molecule has 0 aromatic heterocycles. The Labute approximate surface area is 225 Å². The zero-order chi connectivity index (χ0) is 25.5. The second-order valence-electron chi connectivity index (χ2n) is 8.70. The summed E-state index contributed by atoms with van der Waals surface area (Å²) >= 11 is 2.14. The SMILES string of the molecule is O=C(CN(c1ccc(I)cc1)S(=O)(=O)c1ccccc1)Nc1ccccc1C(=O)NC1CCCCC1. The van der Waals surface area contributed by atoms with Gasteiger partial charge in [-0.3, -0.25) is 13.9 Å². The number of nitrogens with one attached hydrogen (secondary N) is 2. The van der Waals surface area contributed by atoms with Gasteiger partial charge in [0.15, 0.2) is 0 Å². The first-order chi connectivity index (χ1) is 17.3. The van der Waals surface area contributed by atoms with E-state index in [4.69, 9.17) is 0 Å². The zero-order valence-electron chi connectivity index (χ0n) is 19.7. The van der Waals surface area contributed by atoms with Crippen molar-refractivity contribution in [2.24, 2.45) is 0 Å². The molecule has 3 aromatic carbocycles. The summed E-state index contributed by atoms with van der Waals surface area (Å²) in [6, 6.07) is 21.8. The molecule has 7 nitrogen and oxygen atoms in total. The third kappa shape index (κ3) is 6.44. The van der Waals surface area contributed by atoms with Crippen LogP contribution in [-0.2, 0) is 14.8 Å². The van der Waals surface area contributed by atoms with Gasteiger partial charge in [0, 0.05) is 9.61 Å². The number of nitrogens with zero attached hydrogens (tertiary/aromatic N) is 1. The molecule has 4 rings (SSSR count). The van der Waals surface area contributed by atoms with E-state index < -0.39 is 22.5 Å². The molecule has 0 heterocycles. The first-order valence-electron chi connectivity index (χ1n) is 11.9. The van der Waals surface area contributed by atoms with Gasteiger partial charge in [-0.15, -0.1) is 0 Å². The van der Waals surface area contributed by atoms with Crippen molar-refractivity contribution in [3.05, 3.63) is 88.0 Å². The molecule has 1 fully saturated rings. The van der Waals surface area contributed by atoms with Gasteiger partial charge >= 0.3 is 0 Å². The molecule has 3 aromatic rings. The van der Waals surface area contributed by atoms with Crippen LogP contribution >= 0.6 is 22.6 Å². The highest BCUT2D eigenvalue weighted by molar-refractivity contribution is 14.1. The van der Waals surface area contributed by atoms with Crippen LogP contribution in [0.5, 0.6) is 0 Å². The second kappa shape index (κ2) is 11.9. The summed E-state index contributed by atoms with van der Waals surface area (Å²) in [4.78, 5) is 26.2. The number of amides is 2. The van der Waals surface area contributed by atoms with Gasteiger partial charge in [0.2, 0.25) is 5.91 Å². The molecule has 0 bridgehead atoms. The van der Waals surface area contributed by atoms with Gasteiger partial charge in [0.25, 0.3) is 15.9 Å². The van der Waals surface area contributed by atoms with Gasteiger partial charge in [-0.25, -0.2) is 8.42 Å². The van der Waals surface area contributed by atoms with Crippen molar-refractivity contribution in [3.8, 4) is 0 Å². The Morgan fingerprint density at radius 3 is 2.19 bits per heavy atom. The van der Waals surface area contributed by atoms with Crippen LogP contribution in [0.3, 0.4) is 0 Å². The average Bonchev–Trinajstić information content (AvgIpc) is 2.89. The quantitative estimate of drug-likeness (QED) is 0.341. The fraction of sp³-hybridized carbons (Fsp3) is 0.259. The number of halogens is 1. The molecule has 0 aliphatic heterocycles. The first-order valence-corrected chi connectivity index (χ1v) is 14.4. The molecular weight excluding hydrogens is 589 g/mol. The summed E-state index contributed by atoms with van der Waals surface area (Å²) in [5.41, 5.74) is 1.07. The number of hydrogen-bond acceptors (Lipinski definition) is 4. The number of carbonyl (C=O) groups is 2. The van der Waals surface area contributed by atoms with Crippen molar-refractivity contribution < 1.29 is 18.0 Å². The lowest BCUT2D eigenvalue weighted by Crippen LogP contribution is -2.39. The smallest absolute Gasteiger partial charge is 0.264 e. The number of para-hydroxylation sites is 1. The molecule has 0 unspecified atom stereocenters. The standard InChI is InChI=1S/C27H28IN3O4S/c28-20-15-17-22(18-16-20)31(36(34,35)23-11-5-2-6-12-23)19-26(32)30-25-14-8-7-13-24(25)27(33)29-21-9-3-1-4-10-21/h2,5-8,11-18,21H,1,3-4,9-10,19H2,(H,29,33)(H,30,32). The monoisotopic (exact) mass is 617 g/mol. The van der Waals surface area contributed by atoms with E-state index in [1.54, 1.807) is 66.7 Å². The van der Waals surface area contributed by atoms with Crippen molar-refractivity contribution in [1.29, 1.82) is 0 Å². The van der Waals surface area contributed by atoms with Gasteiger partial charge in [0.05, 0.1) is 21.8 Å². The van der Waals surface area contributed by atoms with Crippen LogP contribution in [0.1, 0.15) is 42.5 Å². The molecule has 1 saturated carbocycles. The predicted octanol–water partition coefficient (Wildman–Crippen LogP) is 5.19. The molecule has 0 radical (unpaired) electrons. The highest BCUT2D eigenvalue weighted by Crippen LogP contribution is 2.25. The van der Waals surface area contributed by atoms with Crippen LogP contribution < -0.4 is 14.9 Å². The summed E-state index contributed by atoms with van der Waals surface area (Å²) in [6.07, 6.45) is 5.26. The minimum atomic E-state index is -4.01. The summed E-state index contributed by atoms with van der Waals surface area (Å²) < 4.78 is 29.0. The van der Waals surface area contributed by atoms with E-state index in [-0.39, 0.29) is 16.8 Å². The Bertz CT molecular complexity index is 1310. The van der Waals surface area contributed by atoms with Crippen molar-refractivity contribution >= 4 is 55.8 Å². The van der Waals surface area contributed by atoms with E-state index in [9.17, 15) is 18.0 Å². The largest absolute Gasteiger partial charge is 0.349 e. The lowest BCUT2D eigenvalue weighted by molar-refractivity contribution is -0.114. The maximum absolute atomic E-state index is 13.5. The third-order valence-corrected chi connectivity index (χ3v) is 8.63. The highest BCUT2D eigenvalue weighted by atomic mass is 127. The Kier molecular flexibility index (Phi) is 8.63. The number of hydrogen-bond donors (Lipinski definition) is 2. The Balaban J connectivity index is 1.56. The number of rotatable bonds is 8. The van der Waals surface area contributed by atoms with E-state index in [1.165, 1.54) is 18.6 Å². The fourth-order valence-corrected chi connectivity index (χ4v) is 6.06. The Morgan fingerprint density at radius 1 is 0.861 bits per heavy atom. The summed E-state index contributed by atoms with van der Waals surface area (Å²) in [5.74, 6) is -0.796. The number of anilines is 2. The van der Waals surface area contributed by atoms with Crippen molar-refractivity contribution in [2.75, 3.05) is 16.2 Å². The molecule has 1 aliphatic carbocycles. The predicted molar refractivity (Wildman–Crippen MR) is 150 cm³/mol. The molecule has 1 aliphatic rings. The maximum atomic E-state index is 13.5. The number of sulfonamides is 1. The molecule has 2 amide bonds. The van der Waals surface area contributed by atoms with Crippen LogP contribution in [0.25, 0.3) is 0 Å². The normalized spacial score (nSPS) is 14.1. The zero-order valence-corrected chi connectivity index (χ0v) is 22.7. The average molecular weight is 618 g/mol. The molecule has 2 N–H and O–H groups in total. The third-order valence-electron chi connectivity index (χ3n) is 6.12. The lowest BCUT2D eigenvalue weighted by Gasteiger charge is -2.25. The van der Waals surface area contributed by atoms with Crippen LogP contribution in [0.2, 0.25) is 0 Å². The maximum Gasteiger partial charge on any atom is 0.264 e. The van der Waals surface area contributed by atoms with Crippen molar-refractivity contribution in [2.45, 2.75) is 43.0 Å². The van der Waals surface area contributed by atoms with Crippen LogP contribution in [0.4, 0.5) is 11.4 Å². The Morgan fingerprint density at radius 2 is 1.50 bits per heavy atom. The van der Waals surface area contributed by atoms with E-state index in [2.05, 4.69) is 33.2 Å². The van der Waals surface area contributed by atoms with Gasteiger partial charge in [-0.1, -0.05) is 49.6 Å².